The van der Waals surface area contributed by atoms with Gasteiger partial charge in [-0.15, -0.1) is 0 Å². The van der Waals surface area contributed by atoms with Gasteiger partial charge in [-0.25, -0.2) is 4.79 Å². The normalized spacial score (nSPS) is 10.5. The Balaban J connectivity index is 2.51. The maximum absolute atomic E-state index is 10.9. The summed E-state index contributed by atoms with van der Waals surface area (Å²) in [7, 11) is 1.34. The molecule has 5 nitrogen and oxygen atoms in total. The second kappa shape index (κ2) is 8.22. The number of esters is 1. The number of halogens is 1. The predicted molar refractivity (Wildman–Crippen MR) is 74.9 cm³/mol. The van der Waals surface area contributed by atoms with Crippen molar-refractivity contribution in [2.45, 2.75) is 12.8 Å². The number of rotatable bonds is 7. The SMILES string of the molecule is COC(=O)CCCOc1ccc(C=CC(=O)O)cc1Cl. The molecule has 0 radical (unpaired) electrons. The maximum atomic E-state index is 10.9. The standard InChI is InChI=1S/C14H15ClO5/c1-19-14(18)3-2-8-20-12-6-4-10(9-11(12)15)5-7-13(16)17/h4-7,9H,2-3,8H2,1H3,(H,16,17). The molecular weight excluding hydrogens is 284 g/mol. The third kappa shape index (κ3) is 5.75. The molecule has 0 aliphatic carbocycles. The summed E-state index contributed by atoms with van der Waals surface area (Å²) in [4.78, 5) is 21.3. The summed E-state index contributed by atoms with van der Waals surface area (Å²) in [6.07, 6.45) is 3.29. The minimum atomic E-state index is -1.02. The van der Waals surface area contributed by atoms with Crippen LogP contribution < -0.4 is 4.74 Å². The molecule has 1 N–H and O–H groups in total. The van der Waals surface area contributed by atoms with Crippen molar-refractivity contribution >= 4 is 29.6 Å². The topological polar surface area (TPSA) is 72.8 Å². The Kier molecular flexibility index (Phi) is 6.59. The van der Waals surface area contributed by atoms with Crippen LogP contribution in [0.5, 0.6) is 5.75 Å². The van der Waals surface area contributed by atoms with Gasteiger partial charge in [-0.3, -0.25) is 4.79 Å². The molecule has 108 valence electrons. The highest BCUT2D eigenvalue weighted by atomic mass is 35.5. The smallest absolute Gasteiger partial charge is 0.328 e. The lowest BCUT2D eigenvalue weighted by molar-refractivity contribution is -0.140. The number of hydrogen-bond acceptors (Lipinski definition) is 4. The van der Waals surface area contributed by atoms with Crippen LogP contribution in [0.3, 0.4) is 0 Å². The van der Waals surface area contributed by atoms with Crippen LogP contribution >= 0.6 is 11.6 Å². The molecule has 0 heterocycles. The molecule has 0 unspecified atom stereocenters. The van der Waals surface area contributed by atoms with Gasteiger partial charge in [0.25, 0.3) is 0 Å². The molecule has 0 atom stereocenters. The van der Waals surface area contributed by atoms with Crippen LogP contribution in [0.4, 0.5) is 0 Å². The number of hydrogen-bond donors (Lipinski definition) is 1. The Hall–Kier alpha value is -2.01. The predicted octanol–water partition coefficient (Wildman–Crippen LogP) is 2.77. The summed E-state index contributed by atoms with van der Waals surface area (Å²) in [5.41, 5.74) is 0.666. The van der Waals surface area contributed by atoms with E-state index >= 15 is 0 Å². The van der Waals surface area contributed by atoms with Crippen LogP contribution in [0.2, 0.25) is 5.02 Å². The van der Waals surface area contributed by atoms with Gasteiger partial charge >= 0.3 is 11.9 Å². The second-order valence-electron chi connectivity index (χ2n) is 3.89. The first-order valence-electron chi connectivity index (χ1n) is 5.93. The Morgan fingerprint density at radius 2 is 2.15 bits per heavy atom. The van der Waals surface area contributed by atoms with E-state index in [9.17, 15) is 9.59 Å². The molecule has 0 amide bonds. The number of methoxy groups -OCH3 is 1. The highest BCUT2D eigenvalue weighted by molar-refractivity contribution is 6.32. The van der Waals surface area contributed by atoms with Gasteiger partial charge in [0.2, 0.25) is 0 Å². The number of benzene rings is 1. The summed E-state index contributed by atoms with van der Waals surface area (Å²) < 4.78 is 9.94. The lowest BCUT2D eigenvalue weighted by atomic mass is 10.2. The van der Waals surface area contributed by atoms with Crippen molar-refractivity contribution in [2.24, 2.45) is 0 Å². The van der Waals surface area contributed by atoms with Crippen LogP contribution in [-0.2, 0) is 14.3 Å². The van der Waals surface area contributed by atoms with Crippen molar-refractivity contribution in [1.29, 1.82) is 0 Å². The van der Waals surface area contributed by atoms with Crippen molar-refractivity contribution in [3.63, 3.8) is 0 Å². The Morgan fingerprint density at radius 1 is 1.40 bits per heavy atom. The Morgan fingerprint density at radius 3 is 2.75 bits per heavy atom. The lowest BCUT2D eigenvalue weighted by Crippen LogP contribution is -2.04. The van der Waals surface area contributed by atoms with E-state index in [0.29, 0.717) is 29.4 Å². The van der Waals surface area contributed by atoms with E-state index in [-0.39, 0.29) is 12.4 Å². The van der Waals surface area contributed by atoms with Crippen LogP contribution in [0.15, 0.2) is 24.3 Å². The molecule has 0 spiro atoms. The van der Waals surface area contributed by atoms with Crippen molar-refractivity contribution in [2.75, 3.05) is 13.7 Å². The van der Waals surface area contributed by atoms with E-state index in [1.807, 2.05) is 0 Å². The molecule has 0 saturated carbocycles. The van der Waals surface area contributed by atoms with Gasteiger partial charge in [-0.05, 0) is 30.2 Å². The number of ether oxygens (including phenoxy) is 2. The van der Waals surface area contributed by atoms with Crippen LogP contribution in [-0.4, -0.2) is 30.8 Å². The fourth-order valence-electron chi connectivity index (χ4n) is 1.41. The fourth-order valence-corrected chi connectivity index (χ4v) is 1.65. The van der Waals surface area contributed by atoms with Gasteiger partial charge in [0.15, 0.2) is 0 Å². The minimum Gasteiger partial charge on any atom is -0.492 e. The first-order valence-corrected chi connectivity index (χ1v) is 6.31. The van der Waals surface area contributed by atoms with E-state index in [4.69, 9.17) is 21.4 Å². The molecule has 1 rings (SSSR count). The first kappa shape index (κ1) is 16.0. The molecule has 6 heteroatoms. The summed E-state index contributed by atoms with van der Waals surface area (Å²) in [6.45, 7) is 0.346. The van der Waals surface area contributed by atoms with Crippen molar-refractivity contribution < 1.29 is 24.2 Å². The zero-order valence-corrected chi connectivity index (χ0v) is 11.7. The number of carboxylic acids is 1. The van der Waals surface area contributed by atoms with Gasteiger partial charge in [0.1, 0.15) is 5.75 Å². The summed E-state index contributed by atoms with van der Waals surface area (Å²) in [5.74, 6) is -0.817. The zero-order valence-electron chi connectivity index (χ0n) is 11.0. The van der Waals surface area contributed by atoms with Gasteiger partial charge < -0.3 is 14.6 Å². The molecule has 0 aromatic heterocycles. The first-order chi connectivity index (χ1) is 9.52. The highest BCUT2D eigenvalue weighted by Crippen LogP contribution is 2.26. The molecule has 0 aliphatic rings. The van der Waals surface area contributed by atoms with Crippen LogP contribution in [0.1, 0.15) is 18.4 Å². The fraction of sp³-hybridized carbons (Fsp3) is 0.286. The summed E-state index contributed by atoms with van der Waals surface area (Å²) in [6, 6.07) is 4.96. The average Bonchev–Trinajstić information content (AvgIpc) is 2.42. The van der Waals surface area contributed by atoms with Gasteiger partial charge in [0, 0.05) is 12.5 Å². The van der Waals surface area contributed by atoms with Crippen molar-refractivity contribution in [3.05, 3.63) is 34.9 Å². The number of carboxylic acid groups (broad SMARTS) is 1. The average molecular weight is 299 g/mol. The highest BCUT2D eigenvalue weighted by Gasteiger charge is 2.04. The third-order valence-corrected chi connectivity index (χ3v) is 2.68. The summed E-state index contributed by atoms with van der Waals surface area (Å²) >= 11 is 6.02. The summed E-state index contributed by atoms with van der Waals surface area (Å²) in [5, 5.41) is 8.91. The van der Waals surface area contributed by atoms with E-state index < -0.39 is 5.97 Å². The monoisotopic (exact) mass is 298 g/mol. The maximum Gasteiger partial charge on any atom is 0.328 e. The minimum absolute atomic E-state index is 0.283. The van der Waals surface area contributed by atoms with Crippen LogP contribution in [0.25, 0.3) is 6.08 Å². The van der Waals surface area contributed by atoms with E-state index in [2.05, 4.69) is 4.74 Å². The van der Waals surface area contributed by atoms with Gasteiger partial charge in [0.05, 0.1) is 18.7 Å². The quantitative estimate of drug-likeness (QED) is 0.476. The van der Waals surface area contributed by atoms with E-state index in [1.54, 1.807) is 18.2 Å². The van der Waals surface area contributed by atoms with E-state index in [1.165, 1.54) is 13.2 Å². The zero-order chi connectivity index (χ0) is 15.0. The molecule has 0 bridgehead atoms. The largest absolute Gasteiger partial charge is 0.492 e. The molecular formula is C14H15ClO5. The van der Waals surface area contributed by atoms with E-state index in [0.717, 1.165) is 6.08 Å². The Bertz CT molecular complexity index is 510. The molecule has 1 aromatic rings. The third-order valence-electron chi connectivity index (χ3n) is 2.38. The second-order valence-corrected chi connectivity index (χ2v) is 4.30. The Labute approximate surface area is 121 Å². The molecule has 20 heavy (non-hydrogen) atoms. The van der Waals surface area contributed by atoms with Crippen molar-refractivity contribution in [3.8, 4) is 5.75 Å². The number of aliphatic carboxylic acids is 1. The van der Waals surface area contributed by atoms with Gasteiger partial charge in [-0.1, -0.05) is 17.7 Å². The number of carbonyl (C=O) groups is 2. The van der Waals surface area contributed by atoms with Crippen molar-refractivity contribution in [1.82, 2.24) is 0 Å². The molecule has 1 aromatic carbocycles. The van der Waals surface area contributed by atoms with Crippen LogP contribution in [0, 0.1) is 0 Å². The lowest BCUT2D eigenvalue weighted by Gasteiger charge is -2.08. The molecule has 0 saturated heterocycles. The number of carbonyl (C=O) groups excluding carboxylic acids is 1. The van der Waals surface area contributed by atoms with Gasteiger partial charge in [-0.2, -0.15) is 0 Å². The molecule has 0 aliphatic heterocycles. The molecule has 0 fully saturated rings.